The van der Waals surface area contributed by atoms with Crippen molar-refractivity contribution in [2.24, 2.45) is 0 Å². The first-order valence-electron chi connectivity index (χ1n) is 8.54. The predicted octanol–water partition coefficient (Wildman–Crippen LogP) is 4.57. The summed E-state index contributed by atoms with van der Waals surface area (Å²) in [6, 6.07) is 12.6. The van der Waals surface area contributed by atoms with Crippen LogP contribution in [-0.4, -0.2) is 24.5 Å². The Morgan fingerprint density at radius 1 is 1.11 bits per heavy atom. The number of amides is 1. The number of ether oxygens (including phenoxy) is 1. The number of nitrogens with one attached hydrogen (secondary N) is 1. The van der Waals surface area contributed by atoms with Crippen LogP contribution in [0.1, 0.15) is 17.9 Å². The molecule has 0 atom stereocenters. The fraction of sp³-hybridized carbons (Fsp3) is 0.250. The van der Waals surface area contributed by atoms with E-state index >= 15 is 0 Å². The van der Waals surface area contributed by atoms with Crippen LogP contribution in [0.4, 0.5) is 5.69 Å². The molecule has 0 saturated heterocycles. The van der Waals surface area contributed by atoms with Crippen molar-refractivity contribution < 1.29 is 18.4 Å². The van der Waals surface area contributed by atoms with E-state index in [1.54, 1.807) is 37.8 Å². The minimum Gasteiger partial charge on any atom is -0.495 e. The summed E-state index contributed by atoms with van der Waals surface area (Å²) in [5, 5.41) is 3.38. The van der Waals surface area contributed by atoms with Crippen LogP contribution < -0.4 is 10.1 Å². The SMILES string of the molecule is COc1ccc(Cl)cc1NC(=O)CCN(Cc1ccco1)Cc1ccco1. The summed E-state index contributed by atoms with van der Waals surface area (Å²) in [5.41, 5.74) is 0.554. The first-order valence-corrected chi connectivity index (χ1v) is 8.92. The van der Waals surface area contributed by atoms with Crippen molar-refractivity contribution in [1.29, 1.82) is 0 Å². The second-order valence-corrected chi connectivity index (χ2v) is 6.45. The van der Waals surface area contributed by atoms with Crippen LogP contribution in [-0.2, 0) is 17.9 Å². The average Bonchev–Trinajstić information content (AvgIpc) is 3.34. The lowest BCUT2D eigenvalue weighted by Crippen LogP contribution is -2.27. The van der Waals surface area contributed by atoms with E-state index in [1.165, 1.54) is 0 Å². The second-order valence-electron chi connectivity index (χ2n) is 6.01. The third-order valence-corrected chi connectivity index (χ3v) is 4.24. The molecule has 0 radical (unpaired) electrons. The topological polar surface area (TPSA) is 67.8 Å². The molecule has 27 heavy (non-hydrogen) atoms. The maximum atomic E-state index is 12.4. The van der Waals surface area contributed by atoms with Crippen molar-refractivity contribution in [2.75, 3.05) is 19.0 Å². The molecular formula is C20H21ClN2O4. The van der Waals surface area contributed by atoms with Gasteiger partial charge < -0.3 is 18.9 Å². The van der Waals surface area contributed by atoms with E-state index in [4.69, 9.17) is 25.2 Å². The molecule has 0 aliphatic heterocycles. The molecule has 0 saturated carbocycles. The molecule has 0 fully saturated rings. The summed E-state index contributed by atoms with van der Waals surface area (Å²) in [5.74, 6) is 2.10. The molecule has 0 bridgehead atoms. The van der Waals surface area contributed by atoms with Crippen LogP contribution in [0.15, 0.2) is 63.8 Å². The van der Waals surface area contributed by atoms with E-state index in [-0.39, 0.29) is 5.91 Å². The van der Waals surface area contributed by atoms with Gasteiger partial charge in [0.1, 0.15) is 17.3 Å². The molecule has 2 heterocycles. The molecule has 7 heteroatoms. The number of halogens is 1. The van der Waals surface area contributed by atoms with E-state index < -0.39 is 0 Å². The Hall–Kier alpha value is -2.70. The summed E-state index contributed by atoms with van der Waals surface area (Å²) in [6.07, 6.45) is 3.58. The quantitative estimate of drug-likeness (QED) is 0.581. The summed E-state index contributed by atoms with van der Waals surface area (Å²) >= 11 is 6.01. The van der Waals surface area contributed by atoms with Gasteiger partial charge in [-0.05, 0) is 42.5 Å². The first-order chi connectivity index (χ1) is 13.1. The molecule has 2 aromatic heterocycles. The Bertz CT molecular complexity index is 811. The lowest BCUT2D eigenvalue weighted by atomic mass is 10.2. The van der Waals surface area contributed by atoms with E-state index in [9.17, 15) is 4.79 Å². The van der Waals surface area contributed by atoms with Crippen LogP contribution in [0.5, 0.6) is 5.75 Å². The maximum absolute atomic E-state index is 12.4. The number of hydrogen-bond donors (Lipinski definition) is 1. The van der Waals surface area contributed by atoms with Gasteiger partial charge in [-0.25, -0.2) is 0 Å². The molecule has 0 aliphatic carbocycles. The van der Waals surface area contributed by atoms with Crippen molar-refractivity contribution in [1.82, 2.24) is 4.90 Å². The van der Waals surface area contributed by atoms with Crippen LogP contribution in [0.3, 0.4) is 0 Å². The molecule has 6 nitrogen and oxygen atoms in total. The van der Waals surface area contributed by atoms with Gasteiger partial charge in [0.25, 0.3) is 0 Å². The van der Waals surface area contributed by atoms with Gasteiger partial charge in [0.05, 0.1) is 38.4 Å². The van der Waals surface area contributed by atoms with Gasteiger partial charge in [0.15, 0.2) is 0 Å². The average molecular weight is 389 g/mol. The van der Waals surface area contributed by atoms with Gasteiger partial charge in [-0.3, -0.25) is 9.69 Å². The lowest BCUT2D eigenvalue weighted by Gasteiger charge is -2.20. The van der Waals surface area contributed by atoms with Crippen molar-refractivity contribution >= 4 is 23.2 Å². The largest absolute Gasteiger partial charge is 0.495 e. The highest BCUT2D eigenvalue weighted by molar-refractivity contribution is 6.31. The van der Waals surface area contributed by atoms with Crippen LogP contribution in [0.25, 0.3) is 0 Å². The normalized spacial score (nSPS) is 10.9. The van der Waals surface area contributed by atoms with Gasteiger partial charge in [0, 0.05) is 18.0 Å². The predicted molar refractivity (Wildman–Crippen MR) is 103 cm³/mol. The number of nitrogens with zero attached hydrogens (tertiary/aromatic N) is 1. The van der Waals surface area contributed by atoms with Gasteiger partial charge in [-0.2, -0.15) is 0 Å². The number of carbonyl (C=O) groups is 1. The number of methoxy groups -OCH3 is 1. The monoisotopic (exact) mass is 388 g/mol. The summed E-state index contributed by atoms with van der Waals surface area (Å²) in [6.45, 7) is 1.71. The Morgan fingerprint density at radius 2 is 1.78 bits per heavy atom. The highest BCUT2D eigenvalue weighted by atomic mass is 35.5. The zero-order valence-electron chi connectivity index (χ0n) is 15.0. The third kappa shape index (κ3) is 5.64. The summed E-state index contributed by atoms with van der Waals surface area (Å²) in [7, 11) is 1.55. The van der Waals surface area contributed by atoms with E-state index in [0.29, 0.717) is 42.5 Å². The lowest BCUT2D eigenvalue weighted by molar-refractivity contribution is -0.116. The Balaban J connectivity index is 1.60. The smallest absolute Gasteiger partial charge is 0.225 e. The van der Waals surface area contributed by atoms with Crippen molar-refractivity contribution in [3.05, 3.63) is 71.5 Å². The van der Waals surface area contributed by atoms with Crippen molar-refractivity contribution in [3.63, 3.8) is 0 Å². The highest BCUT2D eigenvalue weighted by Gasteiger charge is 2.14. The summed E-state index contributed by atoms with van der Waals surface area (Å²) in [4.78, 5) is 14.5. The van der Waals surface area contributed by atoms with E-state index in [1.807, 2.05) is 24.3 Å². The maximum Gasteiger partial charge on any atom is 0.225 e. The van der Waals surface area contributed by atoms with Crippen LogP contribution >= 0.6 is 11.6 Å². The van der Waals surface area contributed by atoms with Gasteiger partial charge in [-0.15, -0.1) is 0 Å². The van der Waals surface area contributed by atoms with Crippen LogP contribution in [0.2, 0.25) is 5.02 Å². The number of furan rings is 2. The molecule has 142 valence electrons. The number of carbonyl (C=O) groups excluding carboxylic acids is 1. The molecule has 3 aromatic rings. The molecule has 1 N–H and O–H groups in total. The Kier molecular flexibility index (Phi) is 6.57. The standard InChI is InChI=1S/C20H21ClN2O4/c1-25-19-7-6-15(21)12-18(19)22-20(24)8-9-23(13-16-4-2-10-26-16)14-17-5-3-11-27-17/h2-7,10-12H,8-9,13-14H2,1H3,(H,22,24). The van der Waals surface area contributed by atoms with Gasteiger partial charge in [0.2, 0.25) is 5.91 Å². The molecule has 0 spiro atoms. The van der Waals surface area contributed by atoms with Crippen molar-refractivity contribution in [2.45, 2.75) is 19.5 Å². The zero-order chi connectivity index (χ0) is 19.1. The number of benzene rings is 1. The zero-order valence-corrected chi connectivity index (χ0v) is 15.7. The molecule has 1 amide bonds. The molecular weight excluding hydrogens is 368 g/mol. The molecule has 1 aromatic carbocycles. The number of hydrogen-bond acceptors (Lipinski definition) is 5. The Morgan fingerprint density at radius 3 is 2.33 bits per heavy atom. The molecule has 0 aliphatic rings. The fourth-order valence-electron chi connectivity index (χ4n) is 2.71. The second kappa shape index (κ2) is 9.30. The molecule has 3 rings (SSSR count). The first kappa shape index (κ1) is 19.1. The Labute approximate surface area is 162 Å². The highest BCUT2D eigenvalue weighted by Crippen LogP contribution is 2.27. The minimum atomic E-state index is -0.126. The van der Waals surface area contributed by atoms with E-state index in [2.05, 4.69) is 10.2 Å². The van der Waals surface area contributed by atoms with Gasteiger partial charge in [-0.1, -0.05) is 11.6 Å². The van der Waals surface area contributed by atoms with Crippen LogP contribution in [0, 0.1) is 0 Å². The van der Waals surface area contributed by atoms with Crippen molar-refractivity contribution in [3.8, 4) is 5.75 Å². The molecule has 0 unspecified atom stereocenters. The van der Waals surface area contributed by atoms with E-state index in [0.717, 1.165) is 11.5 Å². The van der Waals surface area contributed by atoms with Gasteiger partial charge >= 0.3 is 0 Å². The summed E-state index contributed by atoms with van der Waals surface area (Å²) < 4.78 is 16.1. The number of anilines is 1. The number of rotatable bonds is 9. The third-order valence-electron chi connectivity index (χ3n) is 4.01. The fourth-order valence-corrected chi connectivity index (χ4v) is 2.88. The minimum absolute atomic E-state index is 0.126.